The Kier molecular flexibility index (Phi) is 3.54. The Hall–Kier alpha value is -2.78. The number of benzene rings is 3. The summed E-state index contributed by atoms with van der Waals surface area (Å²) in [5.74, 6) is 1.83. The molecule has 28 heavy (non-hydrogen) atoms. The van der Waals surface area contributed by atoms with E-state index in [1.165, 1.54) is 34.4 Å². The van der Waals surface area contributed by atoms with Gasteiger partial charge < -0.3 is 14.0 Å². The Bertz CT molecular complexity index is 1050. The molecule has 3 aromatic carbocycles. The highest BCUT2D eigenvalue weighted by atomic mass is 16.7. The largest absolute Gasteiger partial charge is 0.454 e. The zero-order chi connectivity index (χ0) is 18.6. The molecule has 2 unspecified atom stereocenters. The topological polar surface area (TPSA) is 18.5 Å². The summed E-state index contributed by atoms with van der Waals surface area (Å²) >= 11 is 0. The van der Waals surface area contributed by atoms with E-state index in [0.29, 0.717) is 12.8 Å². The van der Waals surface area contributed by atoms with Gasteiger partial charge in [0.15, 0.2) is 11.5 Å². The molecule has 3 aliphatic rings. The van der Waals surface area contributed by atoms with Gasteiger partial charge in [0.1, 0.15) is 19.1 Å². The van der Waals surface area contributed by atoms with E-state index in [1.807, 2.05) is 0 Å². The lowest BCUT2D eigenvalue weighted by atomic mass is 9.81. The molecular formula is C25H24NO2+. The zero-order valence-electron chi connectivity index (χ0n) is 15.9. The summed E-state index contributed by atoms with van der Waals surface area (Å²) in [7, 11) is 0. The lowest BCUT2D eigenvalue weighted by Gasteiger charge is -2.51. The third-order valence-corrected chi connectivity index (χ3v) is 6.84. The van der Waals surface area contributed by atoms with Gasteiger partial charge in [-0.15, -0.1) is 0 Å². The molecule has 3 aliphatic heterocycles. The second kappa shape index (κ2) is 6.11. The summed E-state index contributed by atoms with van der Waals surface area (Å²) in [4.78, 5) is 0. The van der Waals surface area contributed by atoms with Crippen molar-refractivity contribution >= 4 is 0 Å². The summed E-state index contributed by atoms with van der Waals surface area (Å²) in [6.45, 7) is 3.69. The van der Waals surface area contributed by atoms with E-state index in [9.17, 15) is 0 Å². The van der Waals surface area contributed by atoms with Crippen molar-refractivity contribution in [1.82, 2.24) is 0 Å². The Morgan fingerprint density at radius 1 is 0.821 bits per heavy atom. The fourth-order valence-electron chi connectivity index (χ4n) is 5.46. The van der Waals surface area contributed by atoms with E-state index in [2.05, 4.69) is 66.7 Å². The average Bonchev–Trinajstić information content (AvgIpc) is 3.19. The SMILES string of the molecule is c1ccc(C[N+]23CCc4cc5c(cc4C2Cc2ccccc2C3)OCO5)cc1. The van der Waals surface area contributed by atoms with Crippen LogP contribution in [0.15, 0.2) is 66.7 Å². The van der Waals surface area contributed by atoms with Crippen LogP contribution in [0.5, 0.6) is 11.5 Å². The minimum absolute atomic E-state index is 0.343. The Morgan fingerprint density at radius 2 is 1.57 bits per heavy atom. The van der Waals surface area contributed by atoms with Crippen molar-refractivity contribution in [1.29, 1.82) is 0 Å². The van der Waals surface area contributed by atoms with E-state index in [1.54, 1.807) is 0 Å². The number of quaternary nitrogens is 1. The van der Waals surface area contributed by atoms with Gasteiger partial charge in [-0.1, -0.05) is 54.6 Å². The Balaban J connectivity index is 1.49. The van der Waals surface area contributed by atoms with Crippen LogP contribution in [0, 0.1) is 0 Å². The first kappa shape index (κ1) is 16.2. The average molecular weight is 370 g/mol. The fourth-order valence-corrected chi connectivity index (χ4v) is 5.46. The van der Waals surface area contributed by atoms with E-state index in [-0.39, 0.29) is 0 Å². The number of ether oxygens (including phenoxy) is 2. The first-order valence-electron chi connectivity index (χ1n) is 10.2. The molecule has 0 saturated heterocycles. The highest BCUT2D eigenvalue weighted by Gasteiger charge is 2.46. The highest BCUT2D eigenvalue weighted by Crippen LogP contribution is 2.48. The van der Waals surface area contributed by atoms with Gasteiger partial charge in [0.2, 0.25) is 6.79 Å². The number of nitrogens with zero attached hydrogens (tertiary/aromatic N) is 1. The van der Waals surface area contributed by atoms with Gasteiger partial charge in [-0.3, -0.25) is 0 Å². The molecule has 0 spiro atoms. The van der Waals surface area contributed by atoms with Crippen molar-refractivity contribution in [3.8, 4) is 11.5 Å². The van der Waals surface area contributed by atoms with Crippen molar-refractivity contribution in [2.24, 2.45) is 0 Å². The zero-order valence-corrected chi connectivity index (χ0v) is 15.9. The van der Waals surface area contributed by atoms with Crippen molar-refractivity contribution in [3.63, 3.8) is 0 Å². The quantitative estimate of drug-likeness (QED) is 0.604. The molecular weight excluding hydrogens is 346 g/mol. The normalized spacial score (nSPS) is 24.2. The van der Waals surface area contributed by atoms with Crippen molar-refractivity contribution < 1.29 is 14.0 Å². The van der Waals surface area contributed by atoms with E-state index in [4.69, 9.17) is 9.47 Å². The number of hydrogen-bond acceptors (Lipinski definition) is 2. The van der Waals surface area contributed by atoms with Gasteiger partial charge in [0, 0.05) is 29.5 Å². The number of fused-ring (bicyclic) bond motifs is 5. The lowest BCUT2D eigenvalue weighted by Crippen LogP contribution is -2.55. The van der Waals surface area contributed by atoms with Gasteiger partial charge >= 0.3 is 0 Å². The van der Waals surface area contributed by atoms with Crippen molar-refractivity contribution in [2.75, 3.05) is 13.3 Å². The van der Waals surface area contributed by atoms with E-state index >= 15 is 0 Å². The van der Waals surface area contributed by atoms with Crippen LogP contribution < -0.4 is 9.47 Å². The molecule has 0 fully saturated rings. The molecule has 3 aromatic rings. The minimum Gasteiger partial charge on any atom is -0.454 e. The second-order valence-corrected chi connectivity index (χ2v) is 8.39. The first-order valence-corrected chi connectivity index (χ1v) is 10.2. The van der Waals surface area contributed by atoms with Gasteiger partial charge in [-0.2, -0.15) is 0 Å². The summed E-state index contributed by atoms with van der Waals surface area (Å²) in [6, 6.07) is 25.0. The molecule has 3 nitrogen and oxygen atoms in total. The Morgan fingerprint density at radius 3 is 2.43 bits per heavy atom. The van der Waals surface area contributed by atoms with Crippen LogP contribution in [0.3, 0.4) is 0 Å². The third-order valence-electron chi connectivity index (χ3n) is 6.84. The lowest BCUT2D eigenvalue weighted by molar-refractivity contribution is -0.985. The smallest absolute Gasteiger partial charge is 0.231 e. The van der Waals surface area contributed by atoms with Crippen LogP contribution in [0.4, 0.5) is 0 Å². The first-order chi connectivity index (χ1) is 13.8. The van der Waals surface area contributed by atoms with Gasteiger partial charge in [-0.25, -0.2) is 0 Å². The van der Waals surface area contributed by atoms with Crippen LogP contribution in [0.1, 0.15) is 33.9 Å². The van der Waals surface area contributed by atoms with Crippen LogP contribution in [-0.2, 0) is 25.9 Å². The Labute approximate surface area is 165 Å². The van der Waals surface area contributed by atoms with Crippen LogP contribution in [0.25, 0.3) is 0 Å². The molecule has 0 saturated carbocycles. The standard InChI is InChI=1S/C25H24NO2/c1-2-6-18(7-3-1)15-26-11-10-20-13-24-25(28-17-27-24)14-22(20)23(26)12-19-8-4-5-9-21(19)16-26/h1-9,13-14,23H,10-12,15-17H2/q+1. The van der Waals surface area contributed by atoms with Gasteiger partial charge in [-0.05, 0) is 23.3 Å². The molecule has 0 bridgehead atoms. The predicted octanol–water partition coefficient (Wildman–Crippen LogP) is 4.79. The molecule has 2 atom stereocenters. The molecule has 3 heterocycles. The molecule has 0 radical (unpaired) electrons. The van der Waals surface area contributed by atoms with Crippen molar-refractivity contribution in [2.45, 2.75) is 32.0 Å². The molecule has 3 heteroatoms. The van der Waals surface area contributed by atoms with E-state index in [0.717, 1.165) is 41.9 Å². The molecule has 0 aliphatic carbocycles. The molecule has 0 N–H and O–H groups in total. The molecule has 6 rings (SSSR count). The van der Waals surface area contributed by atoms with Gasteiger partial charge in [0.25, 0.3) is 0 Å². The summed E-state index contributed by atoms with van der Waals surface area (Å²) in [5.41, 5.74) is 7.34. The van der Waals surface area contributed by atoms with Crippen molar-refractivity contribution in [3.05, 3.63) is 94.5 Å². The second-order valence-electron chi connectivity index (χ2n) is 8.39. The summed E-state index contributed by atoms with van der Waals surface area (Å²) < 4.78 is 12.5. The maximum Gasteiger partial charge on any atom is 0.231 e. The summed E-state index contributed by atoms with van der Waals surface area (Å²) in [5, 5.41) is 0. The predicted molar refractivity (Wildman–Crippen MR) is 108 cm³/mol. The number of rotatable bonds is 2. The fraction of sp³-hybridized carbons (Fsp3) is 0.280. The third kappa shape index (κ3) is 2.46. The van der Waals surface area contributed by atoms with Crippen LogP contribution in [-0.4, -0.2) is 17.8 Å². The van der Waals surface area contributed by atoms with Crippen LogP contribution in [0.2, 0.25) is 0 Å². The van der Waals surface area contributed by atoms with Gasteiger partial charge in [0.05, 0.1) is 6.54 Å². The van der Waals surface area contributed by atoms with Crippen LogP contribution >= 0.6 is 0 Å². The summed E-state index contributed by atoms with van der Waals surface area (Å²) in [6.07, 6.45) is 2.19. The minimum atomic E-state index is 0.343. The molecule has 0 amide bonds. The number of hydrogen-bond donors (Lipinski definition) is 0. The monoisotopic (exact) mass is 370 g/mol. The van der Waals surface area contributed by atoms with E-state index < -0.39 is 0 Å². The molecule has 140 valence electrons. The highest BCUT2D eigenvalue weighted by molar-refractivity contribution is 5.51. The maximum absolute atomic E-state index is 5.74. The maximum atomic E-state index is 5.74. The molecule has 0 aromatic heterocycles.